The molecular weight excluding hydrogens is 347 g/mol. The highest BCUT2D eigenvalue weighted by Crippen LogP contribution is 2.29. The van der Waals surface area contributed by atoms with Gasteiger partial charge in [0.25, 0.3) is 5.91 Å². The van der Waals surface area contributed by atoms with Crippen LogP contribution in [0.15, 0.2) is 40.8 Å². The molecule has 0 aromatic heterocycles. The molecule has 9 N–H and O–H groups in total. The lowest BCUT2D eigenvalue weighted by Crippen LogP contribution is -2.49. The minimum absolute atomic E-state index is 0.0840. The van der Waals surface area contributed by atoms with Crippen LogP contribution in [0.4, 0.5) is 10.1 Å². The highest BCUT2D eigenvalue weighted by atomic mass is 35.5. The molecule has 0 radical (unpaired) electrons. The standard InChI is InChI=1S/C13H16ClFN4O5/c1-24-11-6(15)3-2-4-7(11)18-8(5-9(14)16)10(17)12(20)19-13(21,22)23/h2-5,18,21-23H,16-17H2,1H3,(H,19,20)/b9-5-,10-8+. The van der Waals surface area contributed by atoms with Gasteiger partial charge in [-0.2, -0.15) is 0 Å². The van der Waals surface area contributed by atoms with Crippen molar-refractivity contribution < 1.29 is 29.2 Å². The minimum atomic E-state index is -3.49. The molecule has 24 heavy (non-hydrogen) atoms. The van der Waals surface area contributed by atoms with Crippen LogP contribution < -0.4 is 26.8 Å². The van der Waals surface area contributed by atoms with Crippen LogP contribution in [0, 0.1) is 5.82 Å². The number of hydrogen-bond donors (Lipinski definition) is 7. The van der Waals surface area contributed by atoms with Crippen molar-refractivity contribution in [1.82, 2.24) is 5.32 Å². The monoisotopic (exact) mass is 362 g/mol. The van der Waals surface area contributed by atoms with Gasteiger partial charge < -0.3 is 36.8 Å². The van der Waals surface area contributed by atoms with E-state index in [-0.39, 0.29) is 22.3 Å². The van der Waals surface area contributed by atoms with Crippen molar-refractivity contribution in [2.75, 3.05) is 12.4 Å². The zero-order valence-corrected chi connectivity index (χ0v) is 13.1. The summed E-state index contributed by atoms with van der Waals surface area (Å²) in [6.45, 7) is 0. The molecule has 0 aliphatic heterocycles. The van der Waals surface area contributed by atoms with Crippen LogP contribution in [-0.2, 0) is 4.79 Å². The van der Waals surface area contributed by atoms with E-state index in [9.17, 15) is 9.18 Å². The topological polar surface area (TPSA) is 163 Å². The highest BCUT2D eigenvalue weighted by Gasteiger charge is 2.24. The number of hydrogen-bond acceptors (Lipinski definition) is 8. The summed E-state index contributed by atoms with van der Waals surface area (Å²) in [5.41, 5.74) is 10.1. The first kappa shape index (κ1) is 19.5. The average molecular weight is 363 g/mol. The molecule has 0 atom stereocenters. The van der Waals surface area contributed by atoms with Crippen molar-refractivity contribution in [2.24, 2.45) is 11.5 Å². The van der Waals surface area contributed by atoms with Crippen molar-refractivity contribution in [1.29, 1.82) is 0 Å². The molecule has 0 saturated carbocycles. The van der Waals surface area contributed by atoms with E-state index < -0.39 is 23.5 Å². The van der Waals surface area contributed by atoms with Crippen molar-refractivity contribution in [2.45, 2.75) is 6.10 Å². The van der Waals surface area contributed by atoms with E-state index in [0.717, 1.165) is 12.1 Å². The number of para-hydroxylation sites is 1. The molecule has 0 fully saturated rings. The number of anilines is 1. The van der Waals surface area contributed by atoms with Crippen molar-refractivity contribution in [3.8, 4) is 5.75 Å². The SMILES string of the molecule is COc1c(F)cccc1NC(/C=C(\N)Cl)=C(/N)C(=O)NC(O)(O)O. The number of allylic oxidation sites excluding steroid dienone is 1. The van der Waals surface area contributed by atoms with Gasteiger partial charge in [-0.05, 0) is 18.2 Å². The van der Waals surface area contributed by atoms with Crippen molar-refractivity contribution in [3.05, 3.63) is 46.6 Å². The van der Waals surface area contributed by atoms with Crippen LogP contribution >= 0.6 is 11.6 Å². The highest BCUT2D eigenvalue weighted by molar-refractivity contribution is 6.29. The molecule has 1 aromatic rings. The Balaban J connectivity index is 3.29. The first-order valence-corrected chi connectivity index (χ1v) is 6.64. The van der Waals surface area contributed by atoms with Crippen molar-refractivity contribution >= 4 is 23.2 Å². The molecule has 0 saturated heterocycles. The molecule has 11 heteroatoms. The van der Waals surface area contributed by atoms with Gasteiger partial charge in [-0.25, -0.2) is 4.39 Å². The number of rotatable bonds is 6. The van der Waals surface area contributed by atoms with E-state index >= 15 is 0 Å². The molecule has 0 unspecified atom stereocenters. The van der Waals surface area contributed by atoms with Crippen LogP contribution in [0.1, 0.15) is 0 Å². The Morgan fingerprint density at radius 1 is 1.38 bits per heavy atom. The van der Waals surface area contributed by atoms with Crippen molar-refractivity contribution in [3.63, 3.8) is 0 Å². The van der Waals surface area contributed by atoms with Gasteiger partial charge in [0.1, 0.15) is 10.9 Å². The Morgan fingerprint density at radius 2 is 2.00 bits per heavy atom. The number of amides is 1. The van der Waals surface area contributed by atoms with E-state index in [1.807, 2.05) is 0 Å². The molecule has 0 aliphatic carbocycles. The normalized spacial score (nSPS) is 13.2. The molecule has 0 aliphatic rings. The number of carbonyl (C=O) groups is 1. The number of nitrogens with one attached hydrogen (secondary N) is 2. The third-order valence-electron chi connectivity index (χ3n) is 2.54. The predicted molar refractivity (Wildman–Crippen MR) is 83.4 cm³/mol. The van der Waals surface area contributed by atoms with E-state index in [0.29, 0.717) is 0 Å². The number of halogens is 2. The van der Waals surface area contributed by atoms with Crippen LogP contribution in [0.5, 0.6) is 5.75 Å². The van der Waals surface area contributed by atoms with E-state index in [1.54, 1.807) is 0 Å². The lowest BCUT2D eigenvalue weighted by atomic mass is 10.2. The Kier molecular flexibility index (Phi) is 6.37. The lowest BCUT2D eigenvalue weighted by Gasteiger charge is -2.18. The molecule has 0 heterocycles. The van der Waals surface area contributed by atoms with Gasteiger partial charge in [0.15, 0.2) is 11.6 Å². The first-order valence-electron chi connectivity index (χ1n) is 6.26. The summed E-state index contributed by atoms with van der Waals surface area (Å²) in [4.78, 5) is 11.8. The maximum atomic E-state index is 13.7. The maximum absolute atomic E-state index is 13.7. The molecule has 1 amide bonds. The second-order valence-corrected chi connectivity index (χ2v) is 4.83. The van der Waals surface area contributed by atoms with Gasteiger partial charge in [-0.3, -0.25) is 10.1 Å². The zero-order valence-electron chi connectivity index (χ0n) is 12.4. The fraction of sp³-hybridized carbons (Fsp3) is 0.154. The fourth-order valence-corrected chi connectivity index (χ4v) is 1.73. The van der Waals surface area contributed by atoms with Gasteiger partial charge in [0.2, 0.25) is 0 Å². The Hall–Kier alpha value is -2.53. The molecule has 1 rings (SSSR count). The van der Waals surface area contributed by atoms with E-state index in [2.05, 4.69) is 5.32 Å². The largest absolute Gasteiger partial charge is 0.492 e. The van der Waals surface area contributed by atoms with Gasteiger partial charge in [-0.15, -0.1) is 0 Å². The maximum Gasteiger partial charge on any atom is 0.369 e. The van der Waals surface area contributed by atoms with Crippen LogP contribution in [0.2, 0.25) is 0 Å². The third-order valence-corrected chi connectivity index (χ3v) is 2.65. The summed E-state index contributed by atoms with van der Waals surface area (Å²) in [6.07, 6.45) is -2.46. The van der Waals surface area contributed by atoms with E-state index in [1.165, 1.54) is 24.6 Å². The predicted octanol–water partition coefficient (Wildman–Crippen LogP) is -0.840. The minimum Gasteiger partial charge on any atom is -0.492 e. The second kappa shape index (κ2) is 7.84. The summed E-state index contributed by atoms with van der Waals surface area (Å²) in [5.74, 6) is -2.13. The summed E-state index contributed by atoms with van der Waals surface area (Å²) in [7, 11) is 1.23. The Bertz CT molecular complexity index is 683. The number of aliphatic hydroxyl groups is 3. The lowest BCUT2D eigenvalue weighted by molar-refractivity contribution is -0.325. The first-order chi connectivity index (χ1) is 11.0. The molecule has 1 aromatic carbocycles. The third kappa shape index (κ3) is 5.59. The number of ether oxygens (including phenoxy) is 1. The van der Waals surface area contributed by atoms with Crippen LogP contribution in [0.3, 0.4) is 0 Å². The molecule has 0 bridgehead atoms. The van der Waals surface area contributed by atoms with Gasteiger partial charge in [-0.1, -0.05) is 17.7 Å². The van der Waals surface area contributed by atoms with Crippen LogP contribution in [0.25, 0.3) is 0 Å². The number of methoxy groups -OCH3 is 1. The van der Waals surface area contributed by atoms with Gasteiger partial charge in [0, 0.05) is 0 Å². The summed E-state index contributed by atoms with van der Waals surface area (Å²) < 4.78 is 18.6. The van der Waals surface area contributed by atoms with Gasteiger partial charge in [0.05, 0.1) is 18.5 Å². The van der Waals surface area contributed by atoms with Crippen LogP contribution in [-0.4, -0.2) is 34.4 Å². The smallest absolute Gasteiger partial charge is 0.369 e. The Labute approximate surface area is 141 Å². The number of nitrogens with two attached hydrogens (primary N) is 2. The van der Waals surface area contributed by atoms with E-state index in [4.69, 9.17) is 43.1 Å². The quantitative estimate of drug-likeness (QED) is 0.149. The molecule has 132 valence electrons. The summed E-state index contributed by atoms with van der Waals surface area (Å²) in [5, 5.41) is 29.9. The fourth-order valence-electron chi connectivity index (χ4n) is 1.62. The summed E-state index contributed by atoms with van der Waals surface area (Å²) in [6, 6.07) is 3.93. The Morgan fingerprint density at radius 3 is 2.50 bits per heavy atom. The molecule has 0 spiro atoms. The van der Waals surface area contributed by atoms with Gasteiger partial charge >= 0.3 is 6.10 Å². The molecule has 9 nitrogen and oxygen atoms in total. The average Bonchev–Trinajstić information content (AvgIpc) is 2.43. The zero-order chi connectivity index (χ0) is 18.5. The molecular formula is C13H16ClFN4O5. The number of benzene rings is 1. The summed E-state index contributed by atoms with van der Waals surface area (Å²) >= 11 is 5.55. The number of carbonyl (C=O) groups excluding carboxylic acids is 1. The second-order valence-electron chi connectivity index (χ2n) is 4.39.